The number of cyclic esters (lactones) is 1. The summed E-state index contributed by atoms with van der Waals surface area (Å²) in [6.07, 6.45) is 6.77. The molecule has 1 fully saturated rings. The zero-order chi connectivity index (χ0) is 18.3. The fourth-order valence-electron chi connectivity index (χ4n) is 4.03. The van der Waals surface area contributed by atoms with Crippen molar-refractivity contribution in [3.63, 3.8) is 0 Å². The van der Waals surface area contributed by atoms with Crippen LogP contribution in [-0.4, -0.2) is 23.0 Å². The molecule has 6 nitrogen and oxygen atoms in total. The lowest BCUT2D eigenvalue weighted by molar-refractivity contribution is -0.140. The minimum atomic E-state index is -0.454. The third-order valence-corrected chi connectivity index (χ3v) is 5.39. The molecule has 0 radical (unpaired) electrons. The van der Waals surface area contributed by atoms with E-state index in [1.807, 2.05) is 19.9 Å². The van der Waals surface area contributed by atoms with Gasteiger partial charge in [-0.05, 0) is 43.5 Å². The number of carbonyl (C=O) groups excluding carboxylic acids is 2. The molecule has 26 heavy (non-hydrogen) atoms. The van der Waals surface area contributed by atoms with Gasteiger partial charge in [-0.1, -0.05) is 6.92 Å². The van der Waals surface area contributed by atoms with Crippen LogP contribution in [0.4, 0.5) is 0 Å². The second kappa shape index (κ2) is 6.12. The zero-order valence-electron chi connectivity index (χ0n) is 14.6. The monoisotopic (exact) mass is 353 g/mol. The normalized spacial score (nSPS) is 27.8. The van der Waals surface area contributed by atoms with Gasteiger partial charge in [-0.15, -0.1) is 0 Å². The number of fused-ring (bicyclic) bond motifs is 1. The highest BCUT2D eigenvalue weighted by molar-refractivity contribution is 5.94. The summed E-state index contributed by atoms with van der Waals surface area (Å²) in [4.78, 5) is 28.8. The number of pyridine rings is 1. The minimum Gasteiger partial charge on any atom is -0.472 e. The second-order valence-electron chi connectivity index (χ2n) is 6.99. The molecule has 1 saturated heterocycles. The van der Waals surface area contributed by atoms with E-state index >= 15 is 0 Å². The molecule has 2 aromatic heterocycles. The van der Waals surface area contributed by atoms with Crippen molar-refractivity contribution in [2.24, 2.45) is 5.41 Å². The summed E-state index contributed by atoms with van der Waals surface area (Å²) in [5, 5.41) is 0. The van der Waals surface area contributed by atoms with Crippen LogP contribution in [0.25, 0.3) is 0 Å². The Morgan fingerprint density at radius 3 is 2.77 bits per heavy atom. The van der Waals surface area contributed by atoms with E-state index in [2.05, 4.69) is 4.98 Å². The molecule has 6 heteroatoms. The molecule has 0 unspecified atom stereocenters. The predicted molar refractivity (Wildman–Crippen MR) is 91.0 cm³/mol. The van der Waals surface area contributed by atoms with Crippen LogP contribution in [0.3, 0.4) is 0 Å². The summed E-state index contributed by atoms with van der Waals surface area (Å²) >= 11 is 0. The molecule has 2 aliphatic rings. The van der Waals surface area contributed by atoms with Crippen LogP contribution in [0.15, 0.2) is 58.7 Å². The average Bonchev–Trinajstić information content (AvgIpc) is 3.25. The van der Waals surface area contributed by atoms with Crippen molar-refractivity contribution in [1.82, 2.24) is 4.98 Å². The number of ether oxygens (including phenoxy) is 2. The van der Waals surface area contributed by atoms with E-state index in [0.29, 0.717) is 24.0 Å². The Morgan fingerprint density at radius 1 is 1.31 bits per heavy atom. The summed E-state index contributed by atoms with van der Waals surface area (Å²) in [6.45, 7) is 3.87. The van der Waals surface area contributed by atoms with Crippen LogP contribution in [-0.2, 0) is 14.3 Å². The van der Waals surface area contributed by atoms with E-state index in [0.717, 1.165) is 11.1 Å². The van der Waals surface area contributed by atoms with Crippen LogP contribution >= 0.6 is 0 Å². The summed E-state index contributed by atoms with van der Waals surface area (Å²) in [5.41, 5.74) is 2.21. The van der Waals surface area contributed by atoms with E-state index in [4.69, 9.17) is 13.9 Å². The second-order valence-corrected chi connectivity index (χ2v) is 6.99. The topological polar surface area (TPSA) is 78.6 Å². The molecule has 134 valence electrons. The fraction of sp³-hybridized carbons (Fsp3) is 0.350. The van der Waals surface area contributed by atoms with Crippen molar-refractivity contribution in [3.8, 4) is 0 Å². The van der Waals surface area contributed by atoms with E-state index in [1.165, 1.54) is 0 Å². The molecular weight excluding hydrogens is 334 g/mol. The van der Waals surface area contributed by atoms with E-state index in [-0.39, 0.29) is 12.1 Å². The minimum absolute atomic E-state index is 0.346. The number of furan rings is 1. The van der Waals surface area contributed by atoms with Gasteiger partial charge < -0.3 is 13.9 Å². The van der Waals surface area contributed by atoms with Crippen LogP contribution in [0.1, 0.15) is 48.7 Å². The van der Waals surface area contributed by atoms with Gasteiger partial charge in [0, 0.05) is 28.9 Å². The number of hydrogen-bond donors (Lipinski definition) is 0. The SMILES string of the molecule is CC1=C2C(=O)O[C@@H](c3ccoc3)[C@]2(C)CC[C@H]1OC(=O)c1ccncc1. The fourth-order valence-corrected chi connectivity index (χ4v) is 4.03. The molecule has 1 aliphatic heterocycles. The van der Waals surface area contributed by atoms with Crippen LogP contribution < -0.4 is 0 Å². The van der Waals surface area contributed by atoms with Crippen molar-refractivity contribution in [3.05, 3.63) is 65.4 Å². The number of nitrogens with zero attached hydrogens (tertiary/aromatic N) is 1. The molecule has 0 saturated carbocycles. The standard InChI is InChI=1S/C20H19NO5/c1-12-15(25-18(22)13-4-8-21-9-5-13)3-7-20(2)16(12)19(23)26-17(20)14-6-10-24-11-14/h4-6,8-11,15,17H,3,7H2,1-2H3/t15-,17+,20-/m1/s1. The maximum absolute atomic E-state index is 12.6. The Hall–Kier alpha value is -2.89. The number of esters is 2. The smallest absolute Gasteiger partial charge is 0.338 e. The van der Waals surface area contributed by atoms with E-state index in [9.17, 15) is 9.59 Å². The van der Waals surface area contributed by atoms with Gasteiger partial charge in [0.25, 0.3) is 0 Å². The first-order valence-electron chi connectivity index (χ1n) is 8.56. The molecular formula is C20H19NO5. The molecule has 0 amide bonds. The molecule has 4 rings (SSSR count). The third kappa shape index (κ3) is 2.53. The van der Waals surface area contributed by atoms with Crippen LogP contribution in [0.2, 0.25) is 0 Å². The quantitative estimate of drug-likeness (QED) is 0.784. The summed E-state index contributed by atoms with van der Waals surface area (Å²) in [5.74, 6) is -0.764. The lowest BCUT2D eigenvalue weighted by Crippen LogP contribution is -2.34. The summed E-state index contributed by atoms with van der Waals surface area (Å²) in [6, 6.07) is 5.03. The number of hydrogen-bond acceptors (Lipinski definition) is 6. The lowest BCUT2D eigenvalue weighted by Gasteiger charge is -2.36. The Bertz CT molecular complexity index is 871. The third-order valence-electron chi connectivity index (χ3n) is 5.39. The van der Waals surface area contributed by atoms with Crippen molar-refractivity contribution in [2.75, 3.05) is 0 Å². The first kappa shape index (κ1) is 16.6. The van der Waals surface area contributed by atoms with Crippen molar-refractivity contribution < 1.29 is 23.5 Å². The van der Waals surface area contributed by atoms with Gasteiger partial charge >= 0.3 is 11.9 Å². The maximum Gasteiger partial charge on any atom is 0.338 e. The summed E-state index contributed by atoms with van der Waals surface area (Å²) in [7, 11) is 0. The summed E-state index contributed by atoms with van der Waals surface area (Å²) < 4.78 is 16.5. The number of rotatable bonds is 3. The Kier molecular flexibility index (Phi) is 3.90. The van der Waals surface area contributed by atoms with E-state index < -0.39 is 17.5 Å². The first-order chi connectivity index (χ1) is 12.5. The van der Waals surface area contributed by atoms with Crippen molar-refractivity contribution in [2.45, 2.75) is 38.9 Å². The van der Waals surface area contributed by atoms with Gasteiger partial charge in [0.2, 0.25) is 0 Å². The molecule has 2 aromatic rings. The highest BCUT2D eigenvalue weighted by Crippen LogP contribution is 2.56. The molecule has 0 bridgehead atoms. The van der Waals surface area contributed by atoms with Gasteiger partial charge in [0.1, 0.15) is 12.2 Å². The molecule has 0 N–H and O–H groups in total. The molecule has 0 aromatic carbocycles. The Balaban J connectivity index is 1.63. The van der Waals surface area contributed by atoms with Gasteiger partial charge in [-0.2, -0.15) is 0 Å². The average molecular weight is 353 g/mol. The predicted octanol–water partition coefficient (Wildman–Crippen LogP) is 3.61. The van der Waals surface area contributed by atoms with Crippen molar-refractivity contribution >= 4 is 11.9 Å². The molecule has 0 spiro atoms. The Labute approximate surface area is 150 Å². The van der Waals surface area contributed by atoms with Crippen LogP contribution in [0.5, 0.6) is 0 Å². The van der Waals surface area contributed by atoms with Crippen LogP contribution in [0, 0.1) is 5.41 Å². The molecule has 3 heterocycles. The maximum atomic E-state index is 12.6. The van der Waals surface area contributed by atoms with Crippen molar-refractivity contribution in [1.29, 1.82) is 0 Å². The highest BCUT2D eigenvalue weighted by Gasteiger charge is 2.54. The lowest BCUT2D eigenvalue weighted by atomic mass is 9.67. The highest BCUT2D eigenvalue weighted by atomic mass is 16.6. The first-order valence-corrected chi connectivity index (χ1v) is 8.56. The number of carbonyl (C=O) groups is 2. The number of aromatic nitrogens is 1. The van der Waals surface area contributed by atoms with Gasteiger partial charge in [-0.3, -0.25) is 4.98 Å². The zero-order valence-corrected chi connectivity index (χ0v) is 14.6. The molecule has 3 atom stereocenters. The van der Waals surface area contributed by atoms with Gasteiger partial charge in [0.05, 0.1) is 18.1 Å². The van der Waals surface area contributed by atoms with Gasteiger partial charge in [0.15, 0.2) is 0 Å². The molecule has 1 aliphatic carbocycles. The largest absolute Gasteiger partial charge is 0.472 e. The Morgan fingerprint density at radius 2 is 2.08 bits per heavy atom. The van der Waals surface area contributed by atoms with E-state index in [1.54, 1.807) is 37.1 Å². The van der Waals surface area contributed by atoms with Gasteiger partial charge in [-0.25, -0.2) is 9.59 Å².